The Kier molecular flexibility index (Phi) is 5.48. The van der Waals surface area contributed by atoms with Crippen molar-refractivity contribution in [2.24, 2.45) is 5.92 Å². The van der Waals surface area contributed by atoms with Crippen LogP contribution in [0.25, 0.3) is 11.6 Å². The van der Waals surface area contributed by atoms with Crippen molar-refractivity contribution in [1.82, 2.24) is 19.7 Å². The van der Waals surface area contributed by atoms with E-state index >= 15 is 0 Å². The molecule has 24 heavy (non-hydrogen) atoms. The van der Waals surface area contributed by atoms with Gasteiger partial charge in [-0.15, -0.1) is 10.2 Å². The zero-order chi connectivity index (χ0) is 17.1. The van der Waals surface area contributed by atoms with E-state index in [2.05, 4.69) is 33.6 Å². The molecular weight excluding hydrogens is 367 g/mol. The topological polar surface area (TPSA) is 56.7 Å². The van der Waals surface area contributed by atoms with Crippen LogP contribution in [0.2, 0.25) is 10.3 Å². The first-order valence-corrected chi connectivity index (χ1v) is 9.19. The van der Waals surface area contributed by atoms with Crippen molar-refractivity contribution in [3.05, 3.63) is 46.4 Å². The monoisotopic (exact) mass is 382 g/mol. The van der Waals surface area contributed by atoms with Gasteiger partial charge in [-0.1, -0.05) is 48.8 Å². The lowest BCUT2D eigenvalue weighted by atomic mass is 10.2. The van der Waals surface area contributed by atoms with Crippen LogP contribution in [0.5, 0.6) is 0 Å². The summed E-state index contributed by atoms with van der Waals surface area (Å²) in [5.41, 5.74) is 0.989. The Morgan fingerprint density at radius 2 is 1.96 bits per heavy atom. The maximum Gasteiger partial charge on any atom is 0.200 e. The highest BCUT2D eigenvalue weighted by molar-refractivity contribution is 7.98. The zero-order valence-electron chi connectivity index (χ0n) is 13.2. The molecule has 8 heteroatoms. The molecule has 0 aliphatic heterocycles. The van der Waals surface area contributed by atoms with Crippen molar-refractivity contribution in [3.63, 3.8) is 0 Å². The standard InChI is InChI=1S/C16H16Cl2N4OS/c1-10(2)8-22-15(12-4-3-5-23-12)20-21-16(22)24-9-11-6-13(17)19-14(18)7-11/h3-7,10H,8-9H2,1-2H3. The van der Waals surface area contributed by atoms with E-state index in [1.807, 2.05) is 12.1 Å². The van der Waals surface area contributed by atoms with E-state index in [0.717, 1.165) is 23.1 Å². The first-order valence-electron chi connectivity index (χ1n) is 7.45. The SMILES string of the molecule is CC(C)Cn1c(SCc2cc(Cl)nc(Cl)c2)nnc1-c1ccco1. The van der Waals surface area contributed by atoms with Crippen LogP contribution in [-0.2, 0) is 12.3 Å². The molecule has 0 bridgehead atoms. The molecule has 0 fully saturated rings. The number of pyridine rings is 1. The van der Waals surface area contributed by atoms with Crippen molar-refractivity contribution >= 4 is 35.0 Å². The van der Waals surface area contributed by atoms with Crippen molar-refractivity contribution in [2.75, 3.05) is 0 Å². The Bertz CT molecular complexity index is 797. The summed E-state index contributed by atoms with van der Waals surface area (Å²) in [7, 11) is 0. The van der Waals surface area contributed by atoms with Crippen LogP contribution in [-0.4, -0.2) is 19.7 Å². The van der Waals surface area contributed by atoms with Gasteiger partial charge in [-0.3, -0.25) is 4.57 Å². The van der Waals surface area contributed by atoms with Gasteiger partial charge >= 0.3 is 0 Å². The van der Waals surface area contributed by atoms with Crippen LogP contribution in [0, 0.1) is 5.92 Å². The molecule has 0 radical (unpaired) electrons. The van der Waals surface area contributed by atoms with Gasteiger partial charge < -0.3 is 4.42 Å². The quantitative estimate of drug-likeness (QED) is 0.433. The molecule has 3 aromatic heterocycles. The summed E-state index contributed by atoms with van der Waals surface area (Å²) in [6.45, 7) is 5.12. The molecule has 3 rings (SSSR count). The maximum absolute atomic E-state index is 5.95. The molecule has 0 saturated carbocycles. The summed E-state index contributed by atoms with van der Waals surface area (Å²) in [5.74, 6) is 2.59. The molecule has 3 aromatic rings. The van der Waals surface area contributed by atoms with Crippen molar-refractivity contribution in [3.8, 4) is 11.6 Å². The second kappa shape index (κ2) is 7.59. The van der Waals surface area contributed by atoms with E-state index < -0.39 is 0 Å². The number of furan rings is 1. The Balaban J connectivity index is 1.84. The van der Waals surface area contributed by atoms with Crippen LogP contribution in [0.1, 0.15) is 19.4 Å². The number of hydrogen-bond donors (Lipinski definition) is 0. The van der Waals surface area contributed by atoms with E-state index in [9.17, 15) is 0 Å². The summed E-state index contributed by atoms with van der Waals surface area (Å²) < 4.78 is 7.56. The Labute approximate surface area is 154 Å². The summed E-state index contributed by atoms with van der Waals surface area (Å²) in [4.78, 5) is 3.96. The molecule has 0 spiro atoms. The first kappa shape index (κ1) is 17.3. The third-order valence-electron chi connectivity index (χ3n) is 3.20. The molecule has 126 valence electrons. The van der Waals surface area contributed by atoms with Gasteiger partial charge in [0, 0.05) is 12.3 Å². The minimum absolute atomic E-state index is 0.387. The average molecular weight is 383 g/mol. The molecule has 3 heterocycles. The Morgan fingerprint density at radius 1 is 1.21 bits per heavy atom. The lowest BCUT2D eigenvalue weighted by molar-refractivity contribution is 0.489. The largest absolute Gasteiger partial charge is 0.461 e. The van der Waals surface area contributed by atoms with Crippen LogP contribution >= 0.6 is 35.0 Å². The van der Waals surface area contributed by atoms with Gasteiger partial charge in [0.2, 0.25) is 0 Å². The number of hydrogen-bond acceptors (Lipinski definition) is 5. The number of nitrogens with zero attached hydrogens (tertiary/aromatic N) is 4. The number of rotatable bonds is 6. The first-order chi connectivity index (χ1) is 11.5. The molecule has 0 amide bonds. The fourth-order valence-electron chi connectivity index (χ4n) is 2.26. The van der Waals surface area contributed by atoms with Gasteiger partial charge in [0.05, 0.1) is 6.26 Å². The van der Waals surface area contributed by atoms with Crippen LogP contribution in [0.3, 0.4) is 0 Å². The van der Waals surface area contributed by atoms with E-state index in [4.69, 9.17) is 27.6 Å². The zero-order valence-corrected chi connectivity index (χ0v) is 15.6. The molecule has 0 aliphatic carbocycles. The minimum Gasteiger partial charge on any atom is -0.461 e. The molecule has 0 saturated heterocycles. The lowest BCUT2D eigenvalue weighted by Gasteiger charge is -2.11. The predicted octanol–water partition coefficient (Wildman–Crippen LogP) is 5.19. The Hall–Kier alpha value is -1.50. The normalized spacial score (nSPS) is 11.4. The highest BCUT2D eigenvalue weighted by Gasteiger charge is 2.17. The van der Waals surface area contributed by atoms with E-state index in [0.29, 0.717) is 27.7 Å². The molecule has 5 nitrogen and oxygen atoms in total. The highest BCUT2D eigenvalue weighted by atomic mass is 35.5. The highest BCUT2D eigenvalue weighted by Crippen LogP contribution is 2.28. The second-order valence-corrected chi connectivity index (χ2v) is 7.41. The van der Waals surface area contributed by atoms with Gasteiger partial charge in [0.25, 0.3) is 0 Å². The van der Waals surface area contributed by atoms with E-state index in [1.165, 1.54) is 0 Å². The lowest BCUT2D eigenvalue weighted by Crippen LogP contribution is -2.07. The van der Waals surface area contributed by atoms with Crippen LogP contribution < -0.4 is 0 Å². The van der Waals surface area contributed by atoms with E-state index in [-0.39, 0.29) is 0 Å². The van der Waals surface area contributed by atoms with Crippen molar-refractivity contribution in [2.45, 2.75) is 31.3 Å². The summed E-state index contributed by atoms with van der Waals surface area (Å²) >= 11 is 13.5. The summed E-state index contributed by atoms with van der Waals surface area (Å²) in [5, 5.41) is 10.2. The second-order valence-electron chi connectivity index (χ2n) is 5.70. The minimum atomic E-state index is 0.387. The molecule has 0 aromatic carbocycles. The van der Waals surface area contributed by atoms with Gasteiger partial charge in [-0.05, 0) is 35.7 Å². The predicted molar refractivity (Wildman–Crippen MR) is 96.4 cm³/mol. The van der Waals surface area contributed by atoms with Crippen molar-refractivity contribution < 1.29 is 4.42 Å². The maximum atomic E-state index is 5.95. The van der Waals surface area contributed by atoms with Gasteiger partial charge in [-0.2, -0.15) is 0 Å². The number of halogens is 2. The summed E-state index contributed by atoms with van der Waals surface area (Å²) in [6, 6.07) is 7.34. The van der Waals surface area contributed by atoms with E-state index in [1.54, 1.807) is 30.2 Å². The fraction of sp³-hybridized carbons (Fsp3) is 0.312. The van der Waals surface area contributed by atoms with Gasteiger partial charge in [0.1, 0.15) is 10.3 Å². The molecule has 0 aliphatic rings. The van der Waals surface area contributed by atoms with Gasteiger partial charge in [0.15, 0.2) is 16.7 Å². The van der Waals surface area contributed by atoms with Crippen LogP contribution in [0.4, 0.5) is 0 Å². The molecule has 0 N–H and O–H groups in total. The molecule has 0 atom stereocenters. The van der Waals surface area contributed by atoms with Crippen LogP contribution in [0.15, 0.2) is 40.1 Å². The third-order valence-corrected chi connectivity index (χ3v) is 4.62. The molecule has 0 unspecified atom stereocenters. The molecular formula is C16H16Cl2N4OS. The smallest absolute Gasteiger partial charge is 0.200 e. The Morgan fingerprint density at radius 3 is 2.58 bits per heavy atom. The fourth-order valence-corrected chi connectivity index (χ4v) is 3.64. The number of thioether (sulfide) groups is 1. The summed E-state index contributed by atoms with van der Waals surface area (Å²) in [6.07, 6.45) is 1.64. The number of aromatic nitrogens is 4. The van der Waals surface area contributed by atoms with Crippen molar-refractivity contribution in [1.29, 1.82) is 0 Å². The van der Waals surface area contributed by atoms with Gasteiger partial charge in [-0.25, -0.2) is 4.98 Å². The average Bonchev–Trinajstić information content (AvgIpc) is 3.13. The third kappa shape index (κ3) is 4.12.